The van der Waals surface area contributed by atoms with Gasteiger partial charge in [0.2, 0.25) is 0 Å². The number of hydrogen-bond donors (Lipinski definition) is 1. The fraction of sp³-hybridized carbons (Fsp3) is 0.267. The fourth-order valence-electron chi connectivity index (χ4n) is 2.73. The molecule has 1 heterocycles. The van der Waals surface area contributed by atoms with E-state index in [0.717, 1.165) is 24.1 Å². The van der Waals surface area contributed by atoms with E-state index in [0.29, 0.717) is 10.6 Å². The summed E-state index contributed by atoms with van der Waals surface area (Å²) in [4.78, 5) is 4.35. The van der Waals surface area contributed by atoms with Crippen LogP contribution in [0.1, 0.15) is 35.3 Å². The molecule has 4 heteroatoms. The van der Waals surface area contributed by atoms with Gasteiger partial charge in [-0.1, -0.05) is 17.7 Å². The number of aryl methyl sites for hydroxylation is 1. The highest BCUT2D eigenvalue weighted by atomic mass is 35.5. The minimum absolute atomic E-state index is 0.0888. The second kappa shape index (κ2) is 4.91. The minimum Gasteiger partial charge on any atom is -0.388 e. The van der Waals surface area contributed by atoms with Gasteiger partial charge in [-0.25, -0.2) is 4.39 Å². The molecule has 3 rings (SSSR count). The second-order valence-electron chi connectivity index (χ2n) is 4.84. The van der Waals surface area contributed by atoms with Gasteiger partial charge in [0.05, 0.1) is 6.10 Å². The summed E-state index contributed by atoms with van der Waals surface area (Å²) in [5, 5.41) is 10.7. The second-order valence-corrected chi connectivity index (χ2v) is 5.28. The Kier molecular flexibility index (Phi) is 3.25. The van der Waals surface area contributed by atoms with Crippen LogP contribution < -0.4 is 0 Å². The van der Waals surface area contributed by atoms with Crippen LogP contribution >= 0.6 is 11.6 Å². The largest absolute Gasteiger partial charge is 0.388 e. The number of aromatic nitrogens is 1. The number of rotatable bonds is 2. The zero-order valence-electron chi connectivity index (χ0n) is 10.2. The average molecular weight is 278 g/mol. The van der Waals surface area contributed by atoms with E-state index in [1.807, 2.05) is 12.1 Å². The summed E-state index contributed by atoms with van der Waals surface area (Å²) in [6.07, 6.45) is 2.67. The Labute approximate surface area is 115 Å². The van der Waals surface area contributed by atoms with E-state index in [4.69, 9.17) is 11.6 Å². The number of hydrogen-bond acceptors (Lipinski definition) is 2. The molecule has 1 aliphatic carbocycles. The Balaban J connectivity index is 1.95. The first-order valence-corrected chi connectivity index (χ1v) is 6.61. The molecule has 0 radical (unpaired) electrons. The van der Waals surface area contributed by atoms with Gasteiger partial charge in [-0.3, -0.25) is 4.98 Å². The zero-order valence-corrected chi connectivity index (χ0v) is 10.9. The van der Waals surface area contributed by atoms with E-state index >= 15 is 0 Å². The van der Waals surface area contributed by atoms with Crippen LogP contribution in [0.4, 0.5) is 4.39 Å². The van der Waals surface area contributed by atoms with Gasteiger partial charge in [-0.15, -0.1) is 0 Å². The van der Waals surface area contributed by atoms with Crippen LogP contribution in [-0.4, -0.2) is 10.1 Å². The SMILES string of the molecule is OC(c1cc(F)cc(Cl)c1)C1CCc2cccnc21. The van der Waals surface area contributed by atoms with Crippen molar-refractivity contribution < 1.29 is 9.50 Å². The van der Waals surface area contributed by atoms with E-state index in [9.17, 15) is 9.50 Å². The Hall–Kier alpha value is -1.45. The van der Waals surface area contributed by atoms with Crippen molar-refractivity contribution in [2.45, 2.75) is 24.9 Å². The molecular formula is C15H13ClFNO. The molecule has 1 aromatic carbocycles. The maximum Gasteiger partial charge on any atom is 0.125 e. The smallest absolute Gasteiger partial charge is 0.125 e. The molecule has 2 aromatic rings. The summed E-state index contributed by atoms with van der Waals surface area (Å²) in [5.74, 6) is -0.519. The summed E-state index contributed by atoms with van der Waals surface area (Å²) in [6.45, 7) is 0. The molecule has 1 aliphatic rings. The lowest BCUT2D eigenvalue weighted by atomic mass is 9.93. The van der Waals surface area contributed by atoms with Gasteiger partial charge >= 0.3 is 0 Å². The maximum atomic E-state index is 13.4. The Morgan fingerprint density at radius 1 is 1.37 bits per heavy atom. The summed E-state index contributed by atoms with van der Waals surface area (Å²) in [6, 6.07) is 8.09. The molecule has 0 spiro atoms. The summed E-state index contributed by atoms with van der Waals surface area (Å²) in [7, 11) is 0. The lowest BCUT2D eigenvalue weighted by Crippen LogP contribution is -2.09. The van der Waals surface area contributed by atoms with Gasteiger partial charge in [-0.05, 0) is 48.2 Å². The third-order valence-corrected chi connectivity index (χ3v) is 3.83. The van der Waals surface area contributed by atoms with Crippen LogP contribution in [0, 0.1) is 5.82 Å². The summed E-state index contributed by atoms with van der Waals surface area (Å²) in [5.41, 5.74) is 2.58. The lowest BCUT2D eigenvalue weighted by molar-refractivity contribution is 0.143. The number of fused-ring (bicyclic) bond motifs is 1. The topological polar surface area (TPSA) is 33.1 Å². The van der Waals surface area contributed by atoms with Crippen LogP contribution in [-0.2, 0) is 6.42 Å². The first-order valence-electron chi connectivity index (χ1n) is 6.23. The molecule has 1 N–H and O–H groups in total. The van der Waals surface area contributed by atoms with Crippen molar-refractivity contribution >= 4 is 11.6 Å². The highest BCUT2D eigenvalue weighted by Crippen LogP contribution is 2.40. The molecule has 2 atom stereocenters. The minimum atomic E-state index is -0.774. The number of benzene rings is 1. The van der Waals surface area contributed by atoms with Crippen LogP contribution in [0.25, 0.3) is 0 Å². The molecule has 0 saturated carbocycles. The van der Waals surface area contributed by atoms with Crippen LogP contribution in [0.2, 0.25) is 5.02 Å². The predicted molar refractivity (Wildman–Crippen MR) is 71.7 cm³/mol. The highest BCUT2D eigenvalue weighted by molar-refractivity contribution is 6.30. The van der Waals surface area contributed by atoms with Gasteiger partial charge in [0.1, 0.15) is 5.82 Å². The molecule has 0 aliphatic heterocycles. The average Bonchev–Trinajstić information content (AvgIpc) is 2.80. The fourth-order valence-corrected chi connectivity index (χ4v) is 2.96. The molecular weight excluding hydrogens is 265 g/mol. The standard InChI is InChI=1S/C15H13ClFNO/c16-11-6-10(7-12(17)8-11)15(19)13-4-3-9-2-1-5-18-14(9)13/h1-2,5-8,13,15,19H,3-4H2. The predicted octanol–water partition coefficient (Wildman–Crippen LogP) is 3.64. The van der Waals surface area contributed by atoms with Gasteiger partial charge in [-0.2, -0.15) is 0 Å². The first kappa shape index (κ1) is 12.6. The Morgan fingerprint density at radius 3 is 3.00 bits per heavy atom. The number of aliphatic hydroxyl groups excluding tert-OH is 1. The maximum absolute atomic E-state index is 13.4. The monoisotopic (exact) mass is 277 g/mol. The molecule has 2 unspecified atom stereocenters. The third kappa shape index (κ3) is 2.36. The van der Waals surface area contributed by atoms with Crippen molar-refractivity contribution in [1.29, 1.82) is 0 Å². The van der Waals surface area contributed by atoms with Gasteiger partial charge in [0.15, 0.2) is 0 Å². The third-order valence-electron chi connectivity index (χ3n) is 3.61. The molecule has 1 aromatic heterocycles. The molecule has 0 fully saturated rings. The number of pyridine rings is 1. The van der Waals surface area contributed by atoms with Gasteiger partial charge in [0, 0.05) is 22.8 Å². The normalized spacial score (nSPS) is 19.2. The van der Waals surface area contributed by atoms with Gasteiger partial charge < -0.3 is 5.11 Å². The lowest BCUT2D eigenvalue weighted by Gasteiger charge is -2.19. The molecule has 19 heavy (non-hydrogen) atoms. The van der Waals surface area contributed by atoms with Crippen molar-refractivity contribution in [3.8, 4) is 0 Å². The number of nitrogens with zero attached hydrogens (tertiary/aromatic N) is 1. The van der Waals surface area contributed by atoms with Crippen LogP contribution in [0.15, 0.2) is 36.5 Å². The number of aliphatic hydroxyl groups is 1. The van der Waals surface area contributed by atoms with Crippen molar-refractivity contribution in [3.63, 3.8) is 0 Å². The van der Waals surface area contributed by atoms with E-state index in [1.165, 1.54) is 12.1 Å². The molecule has 0 amide bonds. The van der Waals surface area contributed by atoms with Crippen LogP contribution in [0.3, 0.4) is 0 Å². The Bertz CT molecular complexity index is 597. The van der Waals surface area contributed by atoms with E-state index in [2.05, 4.69) is 4.98 Å². The summed E-state index contributed by atoms with van der Waals surface area (Å²) >= 11 is 5.83. The highest BCUT2D eigenvalue weighted by Gasteiger charge is 2.31. The van der Waals surface area contributed by atoms with Crippen molar-refractivity contribution in [1.82, 2.24) is 4.98 Å². The van der Waals surface area contributed by atoms with Crippen molar-refractivity contribution in [2.75, 3.05) is 0 Å². The molecule has 2 nitrogen and oxygen atoms in total. The van der Waals surface area contributed by atoms with Crippen molar-refractivity contribution in [3.05, 3.63) is 64.2 Å². The summed E-state index contributed by atoms with van der Waals surface area (Å²) < 4.78 is 13.4. The molecule has 98 valence electrons. The quantitative estimate of drug-likeness (QED) is 0.909. The van der Waals surface area contributed by atoms with E-state index < -0.39 is 11.9 Å². The molecule has 0 bridgehead atoms. The van der Waals surface area contributed by atoms with E-state index in [-0.39, 0.29) is 5.92 Å². The molecule has 0 saturated heterocycles. The van der Waals surface area contributed by atoms with E-state index in [1.54, 1.807) is 12.3 Å². The van der Waals surface area contributed by atoms with Gasteiger partial charge in [0.25, 0.3) is 0 Å². The Morgan fingerprint density at radius 2 is 2.21 bits per heavy atom. The van der Waals surface area contributed by atoms with Crippen LogP contribution in [0.5, 0.6) is 0 Å². The number of halogens is 2. The first-order chi connectivity index (χ1) is 9.15. The zero-order chi connectivity index (χ0) is 13.4. The van der Waals surface area contributed by atoms with Crippen molar-refractivity contribution in [2.24, 2.45) is 0 Å².